The number of aliphatic hydroxyl groups excluding tert-OH is 1. The number of aromatic nitrogens is 3. The van der Waals surface area contributed by atoms with Gasteiger partial charge in [0.05, 0.1) is 31.2 Å². The van der Waals surface area contributed by atoms with Crippen LogP contribution in [0.15, 0.2) is 39.6 Å². The third kappa shape index (κ3) is 3.64. The number of aliphatic hydroxyl groups is 1. The lowest BCUT2D eigenvalue weighted by atomic mass is 10.1. The normalized spacial score (nSPS) is 16.7. The van der Waals surface area contributed by atoms with Crippen molar-refractivity contribution in [3.05, 3.63) is 46.4 Å². The Kier molecular flexibility index (Phi) is 5.02. The van der Waals surface area contributed by atoms with Crippen LogP contribution in [0.25, 0.3) is 22.2 Å². The summed E-state index contributed by atoms with van der Waals surface area (Å²) in [5, 5.41) is 19.6. The topological polar surface area (TPSA) is 93.6 Å². The van der Waals surface area contributed by atoms with E-state index in [2.05, 4.69) is 15.2 Å². The van der Waals surface area contributed by atoms with Gasteiger partial charge in [-0.15, -0.1) is 0 Å². The number of benzene rings is 1. The highest BCUT2D eigenvalue weighted by Crippen LogP contribution is 2.26. The Hall–Kier alpha value is -2.55. The van der Waals surface area contributed by atoms with Crippen molar-refractivity contribution < 1.29 is 14.4 Å². The standard InChI is InChI=1S/C19H22N4O4/c1-13-16-17(14-5-3-2-4-6-14)20-23(19(25)18(16)21-27-13)12-15(24)11-22-7-9-26-10-8-22/h2-6,15,24H,7-12H2,1H3. The molecule has 1 N–H and O–H groups in total. The lowest BCUT2D eigenvalue weighted by Gasteiger charge is -2.28. The predicted molar refractivity (Wildman–Crippen MR) is 99.5 cm³/mol. The molecule has 3 heterocycles. The molecule has 1 atom stereocenters. The molecule has 1 aliphatic rings. The molecule has 0 spiro atoms. The van der Waals surface area contributed by atoms with Crippen LogP contribution >= 0.6 is 0 Å². The first kappa shape index (κ1) is 17.8. The zero-order valence-corrected chi connectivity index (χ0v) is 15.2. The van der Waals surface area contributed by atoms with E-state index in [9.17, 15) is 9.90 Å². The first-order valence-corrected chi connectivity index (χ1v) is 9.04. The van der Waals surface area contributed by atoms with Crippen LogP contribution in [0.1, 0.15) is 5.76 Å². The molecule has 3 aromatic rings. The van der Waals surface area contributed by atoms with Crippen molar-refractivity contribution in [2.45, 2.75) is 19.6 Å². The molecule has 8 heteroatoms. The second-order valence-electron chi connectivity index (χ2n) is 6.73. The van der Waals surface area contributed by atoms with Crippen LogP contribution in [0.2, 0.25) is 0 Å². The summed E-state index contributed by atoms with van der Waals surface area (Å²) in [5.74, 6) is 0.550. The van der Waals surface area contributed by atoms with Crippen molar-refractivity contribution in [1.82, 2.24) is 19.8 Å². The van der Waals surface area contributed by atoms with Gasteiger partial charge in [0.1, 0.15) is 11.5 Å². The van der Waals surface area contributed by atoms with Crippen LogP contribution in [0.5, 0.6) is 0 Å². The number of hydrogen-bond donors (Lipinski definition) is 1. The van der Waals surface area contributed by atoms with E-state index in [1.165, 1.54) is 4.68 Å². The number of ether oxygens (including phenoxy) is 1. The molecule has 142 valence electrons. The summed E-state index contributed by atoms with van der Waals surface area (Å²) in [6, 6.07) is 9.59. The lowest BCUT2D eigenvalue weighted by Crippen LogP contribution is -2.43. The third-order valence-corrected chi connectivity index (χ3v) is 4.76. The van der Waals surface area contributed by atoms with E-state index < -0.39 is 6.10 Å². The first-order chi connectivity index (χ1) is 13.1. The number of rotatable bonds is 5. The quantitative estimate of drug-likeness (QED) is 0.717. The number of morpholine rings is 1. The van der Waals surface area contributed by atoms with E-state index in [1.807, 2.05) is 30.3 Å². The van der Waals surface area contributed by atoms with Gasteiger partial charge < -0.3 is 14.4 Å². The van der Waals surface area contributed by atoms with E-state index >= 15 is 0 Å². The van der Waals surface area contributed by atoms with E-state index in [-0.39, 0.29) is 17.6 Å². The SMILES string of the molecule is Cc1onc2c(=O)n(CC(O)CN3CCOCC3)nc(-c3ccccc3)c12. The van der Waals surface area contributed by atoms with Crippen LogP contribution in [-0.2, 0) is 11.3 Å². The van der Waals surface area contributed by atoms with Gasteiger partial charge in [0, 0.05) is 25.2 Å². The fourth-order valence-corrected chi connectivity index (χ4v) is 3.40. The summed E-state index contributed by atoms with van der Waals surface area (Å²) >= 11 is 0. The summed E-state index contributed by atoms with van der Waals surface area (Å²) < 4.78 is 11.9. The number of β-amino-alcohol motifs (C(OH)–C–C–N with tert-alkyl or cyclic N) is 1. The molecule has 1 aliphatic heterocycles. The van der Waals surface area contributed by atoms with E-state index in [0.29, 0.717) is 36.6 Å². The Bertz CT molecular complexity index is 977. The second kappa shape index (κ2) is 7.59. The van der Waals surface area contributed by atoms with Crippen molar-refractivity contribution in [1.29, 1.82) is 0 Å². The molecule has 2 aromatic heterocycles. The van der Waals surface area contributed by atoms with Crippen LogP contribution < -0.4 is 5.56 Å². The van der Waals surface area contributed by atoms with Gasteiger partial charge in [-0.05, 0) is 6.92 Å². The van der Waals surface area contributed by atoms with Gasteiger partial charge in [-0.3, -0.25) is 9.69 Å². The van der Waals surface area contributed by atoms with E-state index in [4.69, 9.17) is 9.26 Å². The molecule has 0 radical (unpaired) electrons. The fourth-order valence-electron chi connectivity index (χ4n) is 3.40. The van der Waals surface area contributed by atoms with Gasteiger partial charge in [0.2, 0.25) is 0 Å². The van der Waals surface area contributed by atoms with Crippen LogP contribution in [0, 0.1) is 6.92 Å². The summed E-state index contributed by atoms with van der Waals surface area (Å²) in [7, 11) is 0. The van der Waals surface area contributed by atoms with Gasteiger partial charge in [-0.25, -0.2) is 4.68 Å². The highest BCUT2D eigenvalue weighted by molar-refractivity contribution is 5.92. The molecule has 1 unspecified atom stereocenters. The molecule has 0 aliphatic carbocycles. The predicted octanol–water partition coefficient (Wildman–Crippen LogP) is 1.05. The maximum absolute atomic E-state index is 12.8. The molecule has 0 amide bonds. The van der Waals surface area contributed by atoms with Gasteiger partial charge in [0.25, 0.3) is 5.56 Å². The molecule has 1 saturated heterocycles. The number of nitrogens with zero attached hydrogens (tertiary/aromatic N) is 4. The van der Waals surface area contributed by atoms with Crippen LogP contribution in [0.4, 0.5) is 0 Å². The highest BCUT2D eigenvalue weighted by atomic mass is 16.5. The molecular weight excluding hydrogens is 348 g/mol. The van der Waals surface area contributed by atoms with Gasteiger partial charge >= 0.3 is 0 Å². The van der Waals surface area contributed by atoms with Crippen LogP contribution in [0.3, 0.4) is 0 Å². The summed E-state index contributed by atoms with van der Waals surface area (Å²) in [4.78, 5) is 14.9. The zero-order valence-electron chi connectivity index (χ0n) is 15.2. The number of hydrogen-bond acceptors (Lipinski definition) is 7. The van der Waals surface area contributed by atoms with Crippen LogP contribution in [-0.4, -0.2) is 63.9 Å². The molecule has 4 rings (SSSR count). The average Bonchev–Trinajstić information content (AvgIpc) is 3.08. The maximum Gasteiger partial charge on any atom is 0.296 e. The minimum absolute atomic E-state index is 0.0951. The van der Waals surface area contributed by atoms with Gasteiger partial charge in [-0.2, -0.15) is 5.10 Å². The Morgan fingerprint density at radius 1 is 1.19 bits per heavy atom. The monoisotopic (exact) mass is 370 g/mol. The van der Waals surface area contributed by atoms with E-state index in [1.54, 1.807) is 6.92 Å². The maximum atomic E-state index is 12.8. The summed E-state index contributed by atoms with van der Waals surface area (Å²) in [5.41, 5.74) is 1.37. The average molecular weight is 370 g/mol. The Balaban J connectivity index is 1.68. The van der Waals surface area contributed by atoms with Crippen molar-refractivity contribution in [3.63, 3.8) is 0 Å². The Labute approximate surface area is 155 Å². The largest absolute Gasteiger partial charge is 0.390 e. The van der Waals surface area contributed by atoms with Crippen molar-refractivity contribution >= 4 is 10.9 Å². The first-order valence-electron chi connectivity index (χ1n) is 9.04. The summed E-state index contributed by atoms with van der Waals surface area (Å²) in [6.45, 7) is 5.19. The Morgan fingerprint density at radius 2 is 1.93 bits per heavy atom. The molecular formula is C19H22N4O4. The molecule has 0 saturated carbocycles. The fraction of sp³-hybridized carbons (Fsp3) is 0.421. The number of aryl methyl sites for hydroxylation is 1. The second-order valence-corrected chi connectivity index (χ2v) is 6.73. The van der Waals surface area contributed by atoms with Crippen molar-refractivity contribution in [2.75, 3.05) is 32.8 Å². The van der Waals surface area contributed by atoms with Crippen molar-refractivity contribution in [3.8, 4) is 11.3 Å². The minimum Gasteiger partial charge on any atom is -0.390 e. The van der Waals surface area contributed by atoms with Gasteiger partial charge in [0.15, 0.2) is 5.52 Å². The zero-order chi connectivity index (χ0) is 18.8. The summed E-state index contributed by atoms with van der Waals surface area (Å²) in [6.07, 6.45) is -0.720. The molecule has 1 aromatic carbocycles. The third-order valence-electron chi connectivity index (χ3n) is 4.76. The number of fused-ring (bicyclic) bond motifs is 1. The van der Waals surface area contributed by atoms with Gasteiger partial charge in [-0.1, -0.05) is 35.5 Å². The van der Waals surface area contributed by atoms with Crippen molar-refractivity contribution in [2.24, 2.45) is 0 Å². The molecule has 8 nitrogen and oxygen atoms in total. The highest BCUT2D eigenvalue weighted by Gasteiger charge is 2.21. The molecule has 1 fully saturated rings. The lowest BCUT2D eigenvalue weighted by molar-refractivity contribution is 0.0106. The van der Waals surface area contributed by atoms with E-state index in [0.717, 1.165) is 18.7 Å². The minimum atomic E-state index is -0.720. The smallest absolute Gasteiger partial charge is 0.296 e. The Morgan fingerprint density at radius 3 is 2.67 bits per heavy atom. The molecule has 0 bridgehead atoms. The molecule has 27 heavy (non-hydrogen) atoms.